The average Bonchev–Trinajstić information content (AvgIpc) is 2.78. The molecular formula is C14H19N3O. The highest BCUT2D eigenvalue weighted by Gasteiger charge is 2.14. The highest BCUT2D eigenvalue weighted by Crippen LogP contribution is 2.18. The van der Waals surface area contributed by atoms with E-state index in [1.54, 1.807) is 10.9 Å². The lowest BCUT2D eigenvalue weighted by Gasteiger charge is -2.12. The Labute approximate surface area is 107 Å². The van der Waals surface area contributed by atoms with Crippen LogP contribution in [0.4, 0.5) is 0 Å². The van der Waals surface area contributed by atoms with Crippen molar-refractivity contribution in [3.8, 4) is 0 Å². The molecular weight excluding hydrogens is 226 g/mol. The van der Waals surface area contributed by atoms with E-state index in [9.17, 15) is 5.11 Å². The Kier molecular flexibility index (Phi) is 4.10. The van der Waals surface area contributed by atoms with Crippen LogP contribution in [-0.2, 0) is 13.0 Å². The molecule has 1 unspecified atom stereocenters. The van der Waals surface area contributed by atoms with E-state index in [0.717, 1.165) is 24.2 Å². The van der Waals surface area contributed by atoms with Crippen molar-refractivity contribution in [2.45, 2.75) is 39.3 Å². The zero-order chi connectivity index (χ0) is 13.0. The molecule has 1 aromatic heterocycles. The van der Waals surface area contributed by atoms with Crippen molar-refractivity contribution in [3.63, 3.8) is 0 Å². The molecule has 0 saturated heterocycles. The van der Waals surface area contributed by atoms with Crippen LogP contribution in [0, 0.1) is 6.92 Å². The minimum absolute atomic E-state index is 0.548. The standard InChI is InChI=1S/C14H19N3O/c1-3-7-17-13(10-15-16-17)14(18)9-12-6-4-5-11(2)8-12/h4-6,8,10,14,18H,3,7,9H2,1-2H3. The zero-order valence-corrected chi connectivity index (χ0v) is 10.9. The molecule has 4 nitrogen and oxygen atoms in total. The van der Waals surface area contributed by atoms with E-state index in [0.29, 0.717) is 6.42 Å². The molecule has 0 aliphatic rings. The molecule has 0 aliphatic heterocycles. The highest BCUT2D eigenvalue weighted by molar-refractivity contribution is 5.23. The topological polar surface area (TPSA) is 50.9 Å². The number of benzene rings is 1. The molecule has 2 rings (SSSR count). The third kappa shape index (κ3) is 2.96. The molecule has 0 amide bonds. The first-order valence-corrected chi connectivity index (χ1v) is 6.32. The summed E-state index contributed by atoms with van der Waals surface area (Å²) in [6, 6.07) is 8.19. The van der Waals surface area contributed by atoms with E-state index in [1.807, 2.05) is 12.1 Å². The molecule has 0 aliphatic carbocycles. The number of rotatable bonds is 5. The number of aryl methyl sites for hydroxylation is 2. The first kappa shape index (κ1) is 12.8. The maximum atomic E-state index is 10.3. The van der Waals surface area contributed by atoms with E-state index in [2.05, 4.69) is 36.3 Å². The van der Waals surface area contributed by atoms with Gasteiger partial charge in [-0.05, 0) is 18.9 Å². The molecule has 2 aromatic rings. The van der Waals surface area contributed by atoms with Gasteiger partial charge in [-0.3, -0.25) is 0 Å². The second kappa shape index (κ2) is 5.78. The number of aliphatic hydroxyl groups excluding tert-OH is 1. The molecule has 1 aromatic carbocycles. The molecule has 1 heterocycles. The SMILES string of the molecule is CCCn1nncc1C(O)Cc1cccc(C)c1. The Hall–Kier alpha value is -1.68. The van der Waals surface area contributed by atoms with Crippen molar-refractivity contribution >= 4 is 0 Å². The monoisotopic (exact) mass is 245 g/mol. The van der Waals surface area contributed by atoms with E-state index in [-0.39, 0.29) is 0 Å². The molecule has 1 N–H and O–H groups in total. The number of hydrogen-bond acceptors (Lipinski definition) is 3. The van der Waals surface area contributed by atoms with Gasteiger partial charge in [0, 0.05) is 13.0 Å². The van der Waals surface area contributed by atoms with Crippen LogP contribution in [-0.4, -0.2) is 20.1 Å². The summed E-state index contributed by atoms with van der Waals surface area (Å²) in [6.07, 6.45) is 2.68. The van der Waals surface area contributed by atoms with Gasteiger partial charge in [0.25, 0.3) is 0 Å². The molecule has 0 fully saturated rings. The smallest absolute Gasteiger partial charge is 0.101 e. The summed E-state index contributed by atoms with van der Waals surface area (Å²) in [6.45, 7) is 4.93. The van der Waals surface area contributed by atoms with Crippen molar-refractivity contribution in [3.05, 3.63) is 47.3 Å². The van der Waals surface area contributed by atoms with Gasteiger partial charge in [-0.25, -0.2) is 4.68 Å². The molecule has 96 valence electrons. The minimum Gasteiger partial charge on any atom is -0.386 e. The fourth-order valence-electron chi connectivity index (χ4n) is 2.08. The second-order valence-electron chi connectivity index (χ2n) is 4.59. The van der Waals surface area contributed by atoms with Crippen molar-refractivity contribution in [1.29, 1.82) is 0 Å². The van der Waals surface area contributed by atoms with Gasteiger partial charge in [-0.2, -0.15) is 0 Å². The lowest BCUT2D eigenvalue weighted by Crippen LogP contribution is -2.11. The summed E-state index contributed by atoms with van der Waals surface area (Å²) in [5.74, 6) is 0. The first-order valence-electron chi connectivity index (χ1n) is 6.32. The third-order valence-corrected chi connectivity index (χ3v) is 2.94. The van der Waals surface area contributed by atoms with E-state index in [1.165, 1.54) is 5.56 Å². The molecule has 0 spiro atoms. The first-order chi connectivity index (χ1) is 8.70. The van der Waals surface area contributed by atoms with Crippen LogP contribution in [0.2, 0.25) is 0 Å². The van der Waals surface area contributed by atoms with Crippen molar-refractivity contribution in [1.82, 2.24) is 15.0 Å². The van der Waals surface area contributed by atoms with Crippen molar-refractivity contribution in [2.24, 2.45) is 0 Å². The Balaban J connectivity index is 2.11. The summed E-state index contributed by atoms with van der Waals surface area (Å²) in [5.41, 5.74) is 3.13. The molecule has 1 atom stereocenters. The van der Waals surface area contributed by atoms with Crippen LogP contribution in [0.15, 0.2) is 30.5 Å². The molecule has 0 radical (unpaired) electrons. The number of aliphatic hydroxyl groups is 1. The molecule has 18 heavy (non-hydrogen) atoms. The van der Waals surface area contributed by atoms with Gasteiger partial charge >= 0.3 is 0 Å². The largest absolute Gasteiger partial charge is 0.386 e. The second-order valence-corrected chi connectivity index (χ2v) is 4.59. The quantitative estimate of drug-likeness (QED) is 0.879. The predicted molar refractivity (Wildman–Crippen MR) is 70.2 cm³/mol. The number of hydrogen-bond donors (Lipinski definition) is 1. The Morgan fingerprint density at radius 1 is 1.39 bits per heavy atom. The maximum absolute atomic E-state index is 10.3. The van der Waals surface area contributed by atoms with E-state index >= 15 is 0 Å². The fraction of sp³-hybridized carbons (Fsp3) is 0.429. The van der Waals surface area contributed by atoms with Crippen molar-refractivity contribution in [2.75, 3.05) is 0 Å². The third-order valence-electron chi connectivity index (χ3n) is 2.94. The molecule has 4 heteroatoms. The van der Waals surface area contributed by atoms with Gasteiger partial charge in [0.05, 0.1) is 11.9 Å². The van der Waals surface area contributed by atoms with Crippen LogP contribution in [0.25, 0.3) is 0 Å². The Morgan fingerprint density at radius 2 is 2.22 bits per heavy atom. The Morgan fingerprint density at radius 3 is 2.94 bits per heavy atom. The zero-order valence-electron chi connectivity index (χ0n) is 10.9. The summed E-state index contributed by atoms with van der Waals surface area (Å²) in [4.78, 5) is 0. The van der Waals surface area contributed by atoms with Gasteiger partial charge in [0.1, 0.15) is 6.10 Å². The lowest BCUT2D eigenvalue weighted by atomic mass is 10.0. The van der Waals surface area contributed by atoms with E-state index < -0.39 is 6.10 Å². The average molecular weight is 245 g/mol. The van der Waals surface area contributed by atoms with Crippen LogP contribution in [0.5, 0.6) is 0 Å². The summed E-state index contributed by atoms with van der Waals surface area (Å²) >= 11 is 0. The van der Waals surface area contributed by atoms with Crippen LogP contribution in [0.1, 0.15) is 36.3 Å². The van der Waals surface area contributed by atoms with Gasteiger partial charge in [0.2, 0.25) is 0 Å². The van der Waals surface area contributed by atoms with Gasteiger partial charge < -0.3 is 5.11 Å². The minimum atomic E-state index is -0.548. The predicted octanol–water partition coefficient (Wildman–Crippen LogP) is 2.27. The maximum Gasteiger partial charge on any atom is 0.101 e. The normalized spacial score (nSPS) is 12.6. The van der Waals surface area contributed by atoms with E-state index in [4.69, 9.17) is 0 Å². The lowest BCUT2D eigenvalue weighted by molar-refractivity contribution is 0.166. The van der Waals surface area contributed by atoms with Crippen molar-refractivity contribution < 1.29 is 5.11 Å². The Bertz CT molecular complexity index is 507. The summed E-state index contributed by atoms with van der Waals surface area (Å²) < 4.78 is 1.78. The summed E-state index contributed by atoms with van der Waals surface area (Å²) in [7, 11) is 0. The van der Waals surface area contributed by atoms with Crippen LogP contribution >= 0.6 is 0 Å². The van der Waals surface area contributed by atoms with Gasteiger partial charge in [0.15, 0.2) is 0 Å². The summed E-state index contributed by atoms with van der Waals surface area (Å²) in [5, 5.41) is 18.1. The number of nitrogens with zero attached hydrogens (tertiary/aromatic N) is 3. The van der Waals surface area contributed by atoms with Gasteiger partial charge in [-0.1, -0.05) is 42.0 Å². The molecule has 0 saturated carbocycles. The van der Waals surface area contributed by atoms with Crippen LogP contribution < -0.4 is 0 Å². The highest BCUT2D eigenvalue weighted by atomic mass is 16.3. The number of aromatic nitrogens is 3. The molecule has 0 bridgehead atoms. The van der Waals surface area contributed by atoms with Crippen LogP contribution in [0.3, 0.4) is 0 Å². The fourth-order valence-corrected chi connectivity index (χ4v) is 2.08. The van der Waals surface area contributed by atoms with Gasteiger partial charge in [-0.15, -0.1) is 5.10 Å².